The second kappa shape index (κ2) is 3.24. The molecular weight excluding hydrogens is 159 g/mol. The Hall–Kier alpha value is -1.54. The fourth-order valence-corrected chi connectivity index (χ4v) is 1.00. The molecule has 0 aromatic rings. The number of allylic oxidation sites excluding steroid dienone is 4. The minimum Gasteiger partial charge on any atom is -0.361 e. The van der Waals surface area contributed by atoms with E-state index in [1.54, 1.807) is 0 Å². The van der Waals surface area contributed by atoms with Crippen molar-refractivity contribution in [2.24, 2.45) is 5.92 Å². The van der Waals surface area contributed by atoms with Gasteiger partial charge in [0.1, 0.15) is 17.5 Å². The van der Waals surface area contributed by atoms with Crippen molar-refractivity contribution >= 4 is 11.5 Å². The second-order valence-corrected chi connectivity index (χ2v) is 2.50. The lowest BCUT2D eigenvalue weighted by molar-refractivity contribution is -0.118. The molecule has 0 N–H and O–H groups in total. The Balaban J connectivity index is 3.04. The Labute approximate surface area is 68.8 Å². The number of carbonyl (C=O) groups excluding carboxylic acids is 1. The van der Waals surface area contributed by atoms with E-state index in [-0.39, 0.29) is 11.5 Å². The first kappa shape index (κ1) is 8.56. The number of hydrogen-bond donors (Lipinski definition) is 0. The van der Waals surface area contributed by atoms with E-state index in [2.05, 4.69) is 4.79 Å². The average Bonchev–Trinajstić information content (AvgIpc) is 2.03. The summed E-state index contributed by atoms with van der Waals surface area (Å²) < 4.78 is 12.5. The Morgan fingerprint density at radius 2 is 2.42 bits per heavy atom. The van der Waals surface area contributed by atoms with Gasteiger partial charge in [0.2, 0.25) is 0 Å². The smallest absolute Gasteiger partial charge is 0.309 e. The van der Waals surface area contributed by atoms with Crippen LogP contribution in [0.1, 0.15) is 6.92 Å². The standard InChI is InChI=1S/C8H7FN2O/c1-5(12)7-3-2-6(9)4-8(7)11-10/h2-4,7H,1H3. The lowest BCUT2D eigenvalue weighted by Crippen LogP contribution is -2.21. The van der Waals surface area contributed by atoms with E-state index >= 15 is 0 Å². The molecule has 0 amide bonds. The van der Waals surface area contributed by atoms with E-state index in [4.69, 9.17) is 5.53 Å². The summed E-state index contributed by atoms with van der Waals surface area (Å²) in [5.74, 6) is -1.31. The number of rotatable bonds is 1. The van der Waals surface area contributed by atoms with Gasteiger partial charge in [0.15, 0.2) is 0 Å². The summed E-state index contributed by atoms with van der Waals surface area (Å²) in [6, 6.07) is 0. The van der Waals surface area contributed by atoms with Crippen LogP contribution < -0.4 is 0 Å². The van der Waals surface area contributed by atoms with E-state index in [1.807, 2.05) is 0 Å². The van der Waals surface area contributed by atoms with E-state index in [1.165, 1.54) is 19.1 Å². The van der Waals surface area contributed by atoms with Crippen molar-refractivity contribution in [3.8, 4) is 0 Å². The molecule has 0 saturated carbocycles. The van der Waals surface area contributed by atoms with E-state index in [0.29, 0.717) is 0 Å². The van der Waals surface area contributed by atoms with Crippen molar-refractivity contribution in [3.05, 3.63) is 29.6 Å². The third kappa shape index (κ3) is 1.54. The summed E-state index contributed by atoms with van der Waals surface area (Å²) in [7, 11) is 0. The molecule has 0 radical (unpaired) electrons. The van der Waals surface area contributed by atoms with Crippen molar-refractivity contribution in [2.75, 3.05) is 0 Å². The van der Waals surface area contributed by atoms with Gasteiger partial charge in [-0.05, 0) is 13.0 Å². The molecule has 4 heteroatoms. The third-order valence-corrected chi connectivity index (χ3v) is 1.61. The molecule has 0 heterocycles. The van der Waals surface area contributed by atoms with Crippen molar-refractivity contribution in [1.82, 2.24) is 0 Å². The first-order valence-corrected chi connectivity index (χ1v) is 3.43. The maximum absolute atomic E-state index is 12.5. The molecule has 0 aromatic heterocycles. The Morgan fingerprint density at radius 1 is 1.75 bits per heavy atom. The van der Waals surface area contributed by atoms with Crippen molar-refractivity contribution in [1.29, 1.82) is 0 Å². The molecule has 62 valence electrons. The molecule has 0 aromatic carbocycles. The fourth-order valence-electron chi connectivity index (χ4n) is 1.00. The first-order valence-electron chi connectivity index (χ1n) is 3.43. The van der Waals surface area contributed by atoms with Gasteiger partial charge in [-0.2, -0.15) is 4.79 Å². The molecule has 0 spiro atoms. The number of hydrogen-bond acceptors (Lipinski definition) is 1. The van der Waals surface area contributed by atoms with E-state index in [9.17, 15) is 9.18 Å². The van der Waals surface area contributed by atoms with Crippen LogP contribution in [0.15, 0.2) is 24.1 Å². The predicted octanol–water partition coefficient (Wildman–Crippen LogP) is 1.29. The number of nitrogens with zero attached hydrogens (tertiary/aromatic N) is 2. The number of carbonyl (C=O) groups is 1. The van der Waals surface area contributed by atoms with Crippen LogP contribution in [0.25, 0.3) is 5.53 Å². The van der Waals surface area contributed by atoms with Crippen LogP contribution >= 0.6 is 0 Å². The molecule has 1 aliphatic carbocycles. The molecule has 0 saturated heterocycles. The summed E-state index contributed by atoms with van der Waals surface area (Å²) >= 11 is 0. The van der Waals surface area contributed by atoms with E-state index < -0.39 is 11.7 Å². The van der Waals surface area contributed by atoms with Crippen molar-refractivity contribution in [3.63, 3.8) is 0 Å². The lowest BCUT2D eigenvalue weighted by atomic mass is 9.95. The van der Waals surface area contributed by atoms with Crippen LogP contribution in [0.3, 0.4) is 0 Å². The zero-order chi connectivity index (χ0) is 9.14. The zero-order valence-electron chi connectivity index (χ0n) is 6.49. The van der Waals surface area contributed by atoms with Crippen LogP contribution in [0, 0.1) is 5.92 Å². The summed E-state index contributed by atoms with van der Waals surface area (Å²) in [5, 5.41) is 0. The van der Waals surface area contributed by atoms with Gasteiger partial charge in [0, 0.05) is 0 Å². The van der Waals surface area contributed by atoms with Crippen LogP contribution in [0.2, 0.25) is 0 Å². The molecule has 1 rings (SSSR count). The van der Waals surface area contributed by atoms with Gasteiger partial charge in [-0.1, -0.05) is 6.08 Å². The predicted molar refractivity (Wildman–Crippen MR) is 41.1 cm³/mol. The molecule has 3 nitrogen and oxygen atoms in total. The van der Waals surface area contributed by atoms with Gasteiger partial charge in [-0.15, -0.1) is 0 Å². The molecular formula is C8H7FN2O. The highest BCUT2D eigenvalue weighted by Crippen LogP contribution is 2.14. The van der Waals surface area contributed by atoms with Crippen LogP contribution in [-0.4, -0.2) is 16.3 Å². The summed E-state index contributed by atoms with van der Waals surface area (Å²) in [5.41, 5.74) is 8.46. The van der Waals surface area contributed by atoms with Crippen LogP contribution in [-0.2, 0) is 4.79 Å². The molecule has 0 bridgehead atoms. The molecule has 12 heavy (non-hydrogen) atoms. The van der Waals surface area contributed by atoms with E-state index in [0.717, 1.165) is 6.08 Å². The summed E-state index contributed by atoms with van der Waals surface area (Å²) in [6.45, 7) is 1.36. The summed E-state index contributed by atoms with van der Waals surface area (Å²) in [4.78, 5) is 13.7. The lowest BCUT2D eigenvalue weighted by Gasteiger charge is -2.04. The molecule has 0 aliphatic heterocycles. The highest BCUT2D eigenvalue weighted by molar-refractivity contribution is 6.09. The normalized spacial score (nSPS) is 21.7. The highest BCUT2D eigenvalue weighted by Gasteiger charge is 2.26. The SMILES string of the molecule is CC(=O)C1C=CC(F)=CC1=[N+]=[N-]. The van der Waals surface area contributed by atoms with Gasteiger partial charge in [0.05, 0.1) is 6.08 Å². The number of ketones is 1. The number of Topliss-reactive ketones (excluding diaryl/α,β-unsaturated/α-hetero) is 1. The molecule has 1 atom stereocenters. The van der Waals surface area contributed by atoms with Crippen molar-refractivity contribution in [2.45, 2.75) is 6.92 Å². The summed E-state index contributed by atoms with van der Waals surface area (Å²) in [6.07, 6.45) is 3.58. The monoisotopic (exact) mass is 166 g/mol. The fraction of sp³-hybridized carbons (Fsp3) is 0.250. The van der Waals surface area contributed by atoms with Crippen LogP contribution in [0.4, 0.5) is 4.39 Å². The maximum Gasteiger partial charge on any atom is 0.309 e. The molecule has 1 unspecified atom stereocenters. The van der Waals surface area contributed by atoms with Crippen LogP contribution in [0.5, 0.6) is 0 Å². The van der Waals surface area contributed by atoms with Gasteiger partial charge in [-0.25, -0.2) is 4.39 Å². The zero-order valence-corrected chi connectivity index (χ0v) is 6.49. The average molecular weight is 166 g/mol. The Morgan fingerprint density at radius 3 is 2.92 bits per heavy atom. The molecule has 0 fully saturated rings. The Kier molecular flexibility index (Phi) is 2.31. The largest absolute Gasteiger partial charge is 0.361 e. The van der Waals surface area contributed by atoms with Gasteiger partial charge < -0.3 is 5.53 Å². The second-order valence-electron chi connectivity index (χ2n) is 2.50. The minimum absolute atomic E-state index is 0.0440. The topological polar surface area (TPSA) is 53.5 Å². The van der Waals surface area contributed by atoms with Crippen molar-refractivity contribution < 1.29 is 14.0 Å². The van der Waals surface area contributed by atoms with Gasteiger partial charge >= 0.3 is 5.71 Å². The number of halogens is 1. The highest BCUT2D eigenvalue weighted by atomic mass is 19.1. The minimum atomic E-state index is -0.616. The maximum atomic E-state index is 12.5. The quantitative estimate of drug-likeness (QED) is 0.427. The van der Waals surface area contributed by atoms with Gasteiger partial charge in [0.25, 0.3) is 0 Å². The van der Waals surface area contributed by atoms with Gasteiger partial charge in [-0.3, -0.25) is 4.79 Å². The third-order valence-electron chi connectivity index (χ3n) is 1.61. The Bertz CT molecular complexity index is 324. The first-order chi connectivity index (χ1) is 5.65. The molecule has 1 aliphatic rings.